The van der Waals surface area contributed by atoms with Gasteiger partial charge in [0.2, 0.25) is 5.91 Å². The van der Waals surface area contributed by atoms with Gasteiger partial charge in [0, 0.05) is 43.3 Å². The number of amides is 1. The quantitative estimate of drug-likeness (QED) is 0.684. The Hall–Kier alpha value is -1.63. The second kappa shape index (κ2) is 8.65. The number of hydrogen-bond donors (Lipinski definition) is 0. The van der Waals surface area contributed by atoms with Gasteiger partial charge in [-0.2, -0.15) is 0 Å². The number of ether oxygens (including phenoxy) is 1. The van der Waals surface area contributed by atoms with Crippen molar-refractivity contribution in [2.75, 3.05) is 38.3 Å². The zero-order valence-electron chi connectivity index (χ0n) is 14.2. The number of hydrogen-bond acceptors (Lipinski definition) is 4. The predicted octanol–water partition coefficient (Wildman–Crippen LogP) is 4.02. The molecule has 0 N–H and O–H groups in total. The van der Waals surface area contributed by atoms with E-state index in [1.807, 2.05) is 25.3 Å². The number of carbonyl (C=O) groups excluding carboxylic acids is 1. The van der Waals surface area contributed by atoms with Crippen molar-refractivity contribution in [3.63, 3.8) is 0 Å². The molecule has 1 fully saturated rings. The molecule has 0 aliphatic carbocycles. The van der Waals surface area contributed by atoms with E-state index < -0.39 is 0 Å². The number of halogens is 1. The first-order chi connectivity index (χ1) is 12.1. The van der Waals surface area contributed by atoms with Crippen LogP contribution in [0.1, 0.15) is 10.4 Å². The van der Waals surface area contributed by atoms with E-state index in [9.17, 15) is 4.79 Å². The van der Waals surface area contributed by atoms with Gasteiger partial charge in [-0.05, 0) is 51.8 Å². The van der Waals surface area contributed by atoms with Crippen LogP contribution in [0.2, 0.25) is 0 Å². The number of nitrogens with zero attached hydrogens (tertiary/aromatic N) is 2. The smallest absolute Gasteiger partial charge is 0.246 e. The number of morpholine rings is 1. The minimum absolute atomic E-state index is 0.00165. The molecule has 4 nitrogen and oxygen atoms in total. The second-order valence-electron chi connectivity index (χ2n) is 5.94. The summed E-state index contributed by atoms with van der Waals surface area (Å²) < 4.78 is 6.45. The van der Waals surface area contributed by atoms with E-state index in [0.717, 1.165) is 40.5 Å². The Morgan fingerprint density at radius 2 is 1.96 bits per heavy atom. The lowest BCUT2D eigenvalue weighted by Gasteiger charge is -2.29. The molecule has 1 saturated heterocycles. The van der Waals surface area contributed by atoms with E-state index in [0.29, 0.717) is 6.54 Å². The molecule has 1 aromatic carbocycles. The maximum absolute atomic E-state index is 12.3. The predicted molar refractivity (Wildman–Crippen MR) is 107 cm³/mol. The summed E-state index contributed by atoms with van der Waals surface area (Å²) in [5.41, 5.74) is 2.34. The summed E-state index contributed by atoms with van der Waals surface area (Å²) in [6.07, 6.45) is 3.48. The van der Waals surface area contributed by atoms with Gasteiger partial charge >= 0.3 is 0 Å². The topological polar surface area (TPSA) is 32.8 Å². The van der Waals surface area contributed by atoms with E-state index in [1.54, 1.807) is 22.3 Å². The zero-order chi connectivity index (χ0) is 17.6. The Balaban J connectivity index is 1.55. The zero-order valence-corrected chi connectivity index (χ0v) is 16.6. The van der Waals surface area contributed by atoms with Crippen LogP contribution in [0, 0.1) is 0 Å². The number of rotatable bonds is 5. The van der Waals surface area contributed by atoms with Crippen LogP contribution in [-0.4, -0.2) is 44.2 Å². The molecule has 3 rings (SSSR count). The van der Waals surface area contributed by atoms with Crippen molar-refractivity contribution >= 4 is 44.9 Å². The normalized spacial score (nSPS) is 14.9. The summed E-state index contributed by atoms with van der Waals surface area (Å²) in [7, 11) is 1.83. The molecule has 0 unspecified atom stereocenters. The monoisotopic (exact) mass is 420 g/mol. The lowest BCUT2D eigenvalue weighted by Crippen LogP contribution is -2.36. The van der Waals surface area contributed by atoms with Gasteiger partial charge in [0.25, 0.3) is 0 Å². The van der Waals surface area contributed by atoms with E-state index in [2.05, 4.69) is 45.1 Å². The van der Waals surface area contributed by atoms with Crippen LogP contribution in [0.5, 0.6) is 0 Å². The first kappa shape index (κ1) is 18.2. The fourth-order valence-corrected chi connectivity index (χ4v) is 4.01. The summed E-state index contributed by atoms with van der Waals surface area (Å²) >= 11 is 5.03. The summed E-state index contributed by atoms with van der Waals surface area (Å²) in [6.45, 7) is 4.03. The van der Waals surface area contributed by atoms with Crippen molar-refractivity contribution in [2.45, 2.75) is 6.54 Å². The van der Waals surface area contributed by atoms with Gasteiger partial charge in [-0.25, -0.2) is 0 Å². The Labute approximate surface area is 160 Å². The molecule has 2 aromatic rings. The van der Waals surface area contributed by atoms with Crippen LogP contribution < -0.4 is 4.90 Å². The molecule has 1 amide bonds. The van der Waals surface area contributed by atoms with Gasteiger partial charge in [-0.1, -0.05) is 12.1 Å². The van der Waals surface area contributed by atoms with E-state index in [1.165, 1.54) is 5.69 Å². The molecule has 6 heteroatoms. The summed E-state index contributed by atoms with van der Waals surface area (Å²) in [5.74, 6) is 0.00165. The standard InChI is InChI=1S/C19H21BrN2O2S/c1-21(19(23)9-7-17-6-8-18(20)25-17)14-15-2-4-16(5-3-15)22-10-12-24-13-11-22/h2-9H,10-14H2,1H3/b9-7+. The van der Waals surface area contributed by atoms with Gasteiger partial charge in [0.15, 0.2) is 0 Å². The van der Waals surface area contributed by atoms with Gasteiger partial charge in [0.05, 0.1) is 17.0 Å². The van der Waals surface area contributed by atoms with Gasteiger partial charge in [0.1, 0.15) is 0 Å². The fourth-order valence-electron chi connectivity index (χ4n) is 2.68. The van der Waals surface area contributed by atoms with Gasteiger partial charge < -0.3 is 14.5 Å². The van der Waals surface area contributed by atoms with Crippen molar-refractivity contribution < 1.29 is 9.53 Å². The van der Waals surface area contributed by atoms with Crippen molar-refractivity contribution in [1.29, 1.82) is 0 Å². The van der Waals surface area contributed by atoms with Crippen LogP contribution in [0.25, 0.3) is 6.08 Å². The van der Waals surface area contributed by atoms with Crippen LogP contribution in [0.4, 0.5) is 5.69 Å². The molecule has 0 radical (unpaired) electrons. The molecule has 132 valence electrons. The van der Waals surface area contributed by atoms with Crippen LogP contribution in [0.3, 0.4) is 0 Å². The molecule has 1 aromatic heterocycles. The maximum Gasteiger partial charge on any atom is 0.246 e. The SMILES string of the molecule is CN(Cc1ccc(N2CCOCC2)cc1)C(=O)/C=C/c1ccc(Br)s1. The Morgan fingerprint density at radius 3 is 2.60 bits per heavy atom. The molecule has 2 heterocycles. The summed E-state index contributed by atoms with van der Waals surface area (Å²) in [5, 5.41) is 0. The Morgan fingerprint density at radius 1 is 1.24 bits per heavy atom. The number of thiophene rings is 1. The third-order valence-electron chi connectivity index (χ3n) is 4.09. The minimum Gasteiger partial charge on any atom is -0.378 e. The van der Waals surface area contributed by atoms with E-state index >= 15 is 0 Å². The van der Waals surface area contributed by atoms with Crippen molar-refractivity contribution in [3.05, 3.63) is 56.7 Å². The molecule has 0 bridgehead atoms. The Bertz CT molecular complexity index is 736. The summed E-state index contributed by atoms with van der Waals surface area (Å²) in [6, 6.07) is 12.4. The highest BCUT2D eigenvalue weighted by molar-refractivity contribution is 9.11. The first-order valence-electron chi connectivity index (χ1n) is 8.22. The van der Waals surface area contributed by atoms with Crippen molar-refractivity contribution in [3.8, 4) is 0 Å². The number of carbonyl (C=O) groups is 1. The lowest BCUT2D eigenvalue weighted by molar-refractivity contribution is -0.125. The molecular formula is C19H21BrN2O2S. The van der Waals surface area contributed by atoms with Crippen molar-refractivity contribution in [1.82, 2.24) is 4.90 Å². The third kappa shape index (κ3) is 5.17. The molecule has 0 saturated carbocycles. The molecular weight excluding hydrogens is 400 g/mol. The first-order valence-corrected chi connectivity index (χ1v) is 9.83. The van der Waals surface area contributed by atoms with E-state index in [-0.39, 0.29) is 5.91 Å². The highest BCUT2D eigenvalue weighted by Crippen LogP contribution is 2.23. The average Bonchev–Trinajstić information content (AvgIpc) is 3.06. The highest BCUT2D eigenvalue weighted by atomic mass is 79.9. The van der Waals surface area contributed by atoms with E-state index in [4.69, 9.17) is 4.74 Å². The van der Waals surface area contributed by atoms with Crippen LogP contribution in [0.15, 0.2) is 46.3 Å². The number of likely N-dealkylation sites (N-methyl/N-ethyl adjacent to an activating group) is 1. The molecule has 0 spiro atoms. The lowest BCUT2D eigenvalue weighted by atomic mass is 10.1. The second-order valence-corrected chi connectivity index (χ2v) is 8.43. The Kier molecular flexibility index (Phi) is 6.29. The number of benzene rings is 1. The maximum atomic E-state index is 12.3. The average molecular weight is 421 g/mol. The fraction of sp³-hybridized carbons (Fsp3) is 0.316. The van der Waals surface area contributed by atoms with Gasteiger partial charge in [-0.3, -0.25) is 4.79 Å². The minimum atomic E-state index is 0.00165. The molecule has 0 atom stereocenters. The van der Waals surface area contributed by atoms with Crippen molar-refractivity contribution in [2.24, 2.45) is 0 Å². The largest absolute Gasteiger partial charge is 0.378 e. The molecule has 1 aliphatic rings. The molecule has 1 aliphatic heterocycles. The highest BCUT2D eigenvalue weighted by Gasteiger charge is 2.11. The van der Waals surface area contributed by atoms with Crippen LogP contribution >= 0.6 is 27.3 Å². The number of anilines is 1. The van der Waals surface area contributed by atoms with Gasteiger partial charge in [-0.15, -0.1) is 11.3 Å². The molecule has 25 heavy (non-hydrogen) atoms. The van der Waals surface area contributed by atoms with Crippen LogP contribution in [-0.2, 0) is 16.1 Å². The third-order valence-corrected chi connectivity index (χ3v) is 5.68. The summed E-state index contributed by atoms with van der Waals surface area (Å²) in [4.78, 5) is 17.4.